The van der Waals surface area contributed by atoms with E-state index in [1.165, 1.54) is 11.3 Å². The number of carbonyl (C=O) groups excluding carboxylic acids is 1. The molecule has 2 aromatic heterocycles. The zero-order valence-electron chi connectivity index (χ0n) is 20.5. The minimum absolute atomic E-state index is 0. The van der Waals surface area contributed by atoms with Crippen molar-refractivity contribution < 1.29 is 4.79 Å². The van der Waals surface area contributed by atoms with Crippen LogP contribution < -0.4 is 16.6 Å². The highest BCUT2D eigenvalue weighted by Gasteiger charge is 2.27. The normalized spacial score (nSPS) is 13.2. The lowest BCUT2D eigenvalue weighted by molar-refractivity contribution is 0.0751. The SMILES string of the molecule is CC.CN(C)CCn1c(=O)c(C#N)c(N2CCN(C(=O)c3cccs3)CC2)c2ccccc21.N. The van der Waals surface area contributed by atoms with Crippen LogP contribution >= 0.6 is 11.3 Å². The Balaban J connectivity index is 0.00000133. The predicted molar refractivity (Wildman–Crippen MR) is 140 cm³/mol. The van der Waals surface area contributed by atoms with Crippen molar-refractivity contribution in [3.05, 3.63) is 62.6 Å². The third kappa shape index (κ3) is 5.47. The highest BCUT2D eigenvalue weighted by atomic mass is 32.1. The van der Waals surface area contributed by atoms with Crippen LogP contribution in [0.2, 0.25) is 0 Å². The molecule has 1 aliphatic rings. The molecule has 0 bridgehead atoms. The average Bonchev–Trinajstić information content (AvgIpc) is 3.39. The van der Waals surface area contributed by atoms with E-state index >= 15 is 0 Å². The minimum Gasteiger partial charge on any atom is -0.366 e. The van der Waals surface area contributed by atoms with Gasteiger partial charge in [-0.15, -0.1) is 11.3 Å². The highest BCUT2D eigenvalue weighted by molar-refractivity contribution is 7.12. The van der Waals surface area contributed by atoms with Crippen molar-refractivity contribution >= 4 is 33.8 Å². The van der Waals surface area contributed by atoms with Crippen LogP contribution in [0.1, 0.15) is 29.1 Å². The van der Waals surface area contributed by atoms with Crippen molar-refractivity contribution in [3.8, 4) is 6.07 Å². The number of hydrogen-bond acceptors (Lipinski definition) is 7. The second-order valence-corrected chi connectivity index (χ2v) is 8.82. The highest BCUT2D eigenvalue weighted by Crippen LogP contribution is 2.30. The van der Waals surface area contributed by atoms with E-state index in [2.05, 4.69) is 11.0 Å². The van der Waals surface area contributed by atoms with Gasteiger partial charge in [0.25, 0.3) is 11.5 Å². The molecule has 3 heterocycles. The number of likely N-dealkylation sites (N-methyl/N-ethyl adjacent to an activating group) is 1. The molecule has 0 unspecified atom stereocenters. The number of amides is 1. The molecular formula is C25H34N6O2S. The summed E-state index contributed by atoms with van der Waals surface area (Å²) in [6.07, 6.45) is 0. The van der Waals surface area contributed by atoms with Crippen LogP contribution in [0, 0.1) is 11.3 Å². The fraction of sp³-hybridized carbons (Fsp3) is 0.400. The second kappa shape index (κ2) is 12.3. The maximum Gasteiger partial charge on any atom is 0.271 e. The molecule has 0 spiro atoms. The molecule has 34 heavy (non-hydrogen) atoms. The van der Waals surface area contributed by atoms with Crippen LogP contribution in [0.25, 0.3) is 10.9 Å². The largest absolute Gasteiger partial charge is 0.366 e. The molecular weight excluding hydrogens is 448 g/mol. The number of aromatic nitrogens is 1. The summed E-state index contributed by atoms with van der Waals surface area (Å²) < 4.78 is 1.70. The van der Waals surface area contributed by atoms with Gasteiger partial charge in [0.15, 0.2) is 0 Å². The van der Waals surface area contributed by atoms with Gasteiger partial charge in [-0.3, -0.25) is 9.59 Å². The Hall–Kier alpha value is -3.19. The van der Waals surface area contributed by atoms with Gasteiger partial charge in [0.1, 0.15) is 11.6 Å². The van der Waals surface area contributed by atoms with Gasteiger partial charge in [-0.2, -0.15) is 5.26 Å². The van der Waals surface area contributed by atoms with Gasteiger partial charge in [-0.05, 0) is 31.6 Å². The number of fused-ring (bicyclic) bond motifs is 1. The number of nitrogens with zero attached hydrogens (tertiary/aromatic N) is 5. The number of benzene rings is 1. The Bertz CT molecular complexity index is 1190. The topological polar surface area (TPSA) is 108 Å². The maximum absolute atomic E-state index is 13.3. The average molecular weight is 483 g/mol. The van der Waals surface area contributed by atoms with E-state index in [0.29, 0.717) is 45.0 Å². The number of rotatable bonds is 5. The summed E-state index contributed by atoms with van der Waals surface area (Å²) >= 11 is 1.44. The first-order valence-electron chi connectivity index (χ1n) is 11.3. The standard InChI is InChI=1S/C23H25N5O2S.C2H6.H3N/c1-25(2)9-14-28-19-7-4-3-6-17(19)21(18(16-24)22(28)29)26-10-12-27(13-11-26)23(30)20-8-5-15-31-20;1-2;/h3-8,15H,9-14H2,1-2H3;1-2H3;1H3. The van der Waals surface area contributed by atoms with Gasteiger partial charge in [0.2, 0.25) is 0 Å². The van der Waals surface area contributed by atoms with E-state index in [0.717, 1.165) is 15.8 Å². The minimum atomic E-state index is -0.254. The van der Waals surface area contributed by atoms with E-state index in [-0.39, 0.29) is 23.2 Å². The third-order valence-corrected chi connectivity index (χ3v) is 6.50. The molecule has 1 saturated heterocycles. The van der Waals surface area contributed by atoms with Crippen LogP contribution in [0.15, 0.2) is 46.6 Å². The number of anilines is 1. The molecule has 8 nitrogen and oxygen atoms in total. The van der Waals surface area contributed by atoms with E-state index in [9.17, 15) is 14.9 Å². The van der Waals surface area contributed by atoms with E-state index in [4.69, 9.17) is 0 Å². The first-order valence-corrected chi connectivity index (χ1v) is 12.2. The van der Waals surface area contributed by atoms with Gasteiger partial charge in [-0.25, -0.2) is 0 Å². The van der Waals surface area contributed by atoms with Gasteiger partial charge in [-0.1, -0.05) is 38.1 Å². The number of piperazine rings is 1. The van der Waals surface area contributed by atoms with Crippen molar-refractivity contribution in [2.45, 2.75) is 20.4 Å². The van der Waals surface area contributed by atoms with Gasteiger partial charge in [0.05, 0.1) is 16.1 Å². The molecule has 3 aromatic rings. The number of nitriles is 1. The molecule has 4 rings (SSSR count). The Kier molecular flexibility index (Phi) is 9.81. The lowest BCUT2D eigenvalue weighted by Crippen LogP contribution is -2.49. The number of pyridine rings is 1. The van der Waals surface area contributed by atoms with Crippen molar-refractivity contribution in [3.63, 3.8) is 0 Å². The zero-order valence-corrected chi connectivity index (χ0v) is 21.3. The molecule has 182 valence electrons. The van der Waals surface area contributed by atoms with Crippen molar-refractivity contribution in [2.75, 3.05) is 51.7 Å². The fourth-order valence-electron chi connectivity index (χ4n) is 4.03. The molecule has 1 amide bonds. The van der Waals surface area contributed by atoms with Crippen LogP contribution in [0.3, 0.4) is 0 Å². The van der Waals surface area contributed by atoms with Crippen molar-refractivity contribution in [2.24, 2.45) is 0 Å². The fourth-order valence-corrected chi connectivity index (χ4v) is 4.72. The summed E-state index contributed by atoms with van der Waals surface area (Å²) in [5.41, 5.74) is 1.44. The number of para-hydroxylation sites is 1. The van der Waals surface area contributed by atoms with Crippen LogP contribution in [-0.4, -0.2) is 67.1 Å². The van der Waals surface area contributed by atoms with E-state index in [1.807, 2.05) is 79.5 Å². The lowest BCUT2D eigenvalue weighted by atomic mass is 10.1. The molecule has 3 N–H and O–H groups in total. The molecule has 1 fully saturated rings. The third-order valence-electron chi connectivity index (χ3n) is 5.64. The summed E-state index contributed by atoms with van der Waals surface area (Å²) in [6, 6.07) is 13.7. The molecule has 0 aliphatic carbocycles. The zero-order chi connectivity index (χ0) is 24.0. The smallest absolute Gasteiger partial charge is 0.271 e. The molecule has 9 heteroatoms. The van der Waals surface area contributed by atoms with Gasteiger partial charge >= 0.3 is 0 Å². The predicted octanol–water partition coefficient (Wildman–Crippen LogP) is 3.65. The molecule has 1 aromatic carbocycles. The van der Waals surface area contributed by atoms with Crippen LogP contribution in [-0.2, 0) is 6.54 Å². The van der Waals surface area contributed by atoms with Crippen molar-refractivity contribution in [1.29, 1.82) is 5.26 Å². The summed E-state index contributed by atoms with van der Waals surface area (Å²) in [5.74, 6) is 0.0408. The molecule has 1 aliphatic heterocycles. The molecule has 0 atom stereocenters. The Morgan fingerprint density at radius 1 is 1.09 bits per heavy atom. The molecule has 0 saturated carbocycles. The Labute approximate surface area is 205 Å². The second-order valence-electron chi connectivity index (χ2n) is 7.87. The summed E-state index contributed by atoms with van der Waals surface area (Å²) in [4.78, 5) is 32.6. The lowest BCUT2D eigenvalue weighted by Gasteiger charge is -2.37. The Morgan fingerprint density at radius 2 is 1.76 bits per heavy atom. The maximum atomic E-state index is 13.3. The first-order chi connectivity index (χ1) is 16.0. The van der Waals surface area contributed by atoms with Crippen LogP contribution in [0.4, 0.5) is 5.69 Å². The number of hydrogen-bond donors (Lipinski definition) is 1. The van der Waals surface area contributed by atoms with Gasteiger partial charge < -0.3 is 25.4 Å². The quantitative estimate of drug-likeness (QED) is 0.595. The first kappa shape index (κ1) is 27.1. The van der Waals surface area contributed by atoms with Crippen molar-refractivity contribution in [1.82, 2.24) is 20.5 Å². The molecule has 0 radical (unpaired) electrons. The summed E-state index contributed by atoms with van der Waals surface area (Å²) in [5, 5.41) is 12.7. The monoisotopic (exact) mass is 482 g/mol. The number of thiophene rings is 1. The number of carbonyl (C=O) groups is 1. The van der Waals surface area contributed by atoms with Gasteiger partial charge in [0, 0.05) is 44.7 Å². The summed E-state index contributed by atoms with van der Waals surface area (Å²) in [6.45, 7) is 7.50. The van der Waals surface area contributed by atoms with E-state index < -0.39 is 0 Å². The van der Waals surface area contributed by atoms with Crippen LogP contribution in [0.5, 0.6) is 0 Å². The van der Waals surface area contributed by atoms with E-state index in [1.54, 1.807) is 4.57 Å². The summed E-state index contributed by atoms with van der Waals surface area (Å²) in [7, 11) is 3.92. The Morgan fingerprint density at radius 3 is 2.35 bits per heavy atom.